The van der Waals surface area contributed by atoms with E-state index in [4.69, 9.17) is 0 Å². The number of carbonyl (C=O) groups is 2. The molecule has 0 aliphatic heterocycles. The van der Waals surface area contributed by atoms with Crippen LogP contribution in [-0.4, -0.2) is 53.7 Å². The lowest BCUT2D eigenvalue weighted by atomic mass is 9.82. The molecule has 0 atom stereocenters. The van der Waals surface area contributed by atoms with Crippen LogP contribution in [-0.2, 0) is 4.79 Å². The van der Waals surface area contributed by atoms with Crippen LogP contribution in [0.5, 0.6) is 0 Å². The number of nitrogens with zero attached hydrogens (tertiary/aromatic N) is 1. The summed E-state index contributed by atoms with van der Waals surface area (Å²) in [6.45, 7) is 1.35. The first-order chi connectivity index (χ1) is 9.53. The lowest BCUT2D eigenvalue weighted by molar-refractivity contribution is -0.145. The maximum Gasteiger partial charge on any atom is 0.329 e. The standard InChI is InChI=1S/C14H25N3O3/c1-17(11-5-6-11)10-9-15-13(20)16-14(12(18)19)7-3-2-4-8-14/h11H,2-10H2,1H3,(H,18,19)(H2,15,16,20). The predicted molar refractivity (Wildman–Crippen MR) is 75.6 cm³/mol. The van der Waals surface area contributed by atoms with Crippen LogP contribution >= 0.6 is 0 Å². The van der Waals surface area contributed by atoms with E-state index >= 15 is 0 Å². The number of urea groups is 1. The summed E-state index contributed by atoms with van der Waals surface area (Å²) in [4.78, 5) is 25.6. The largest absolute Gasteiger partial charge is 0.480 e. The highest BCUT2D eigenvalue weighted by molar-refractivity contribution is 5.86. The number of carboxylic acid groups (broad SMARTS) is 1. The van der Waals surface area contributed by atoms with Crippen LogP contribution < -0.4 is 10.6 Å². The van der Waals surface area contributed by atoms with Gasteiger partial charge in [0.25, 0.3) is 0 Å². The third-order valence-electron chi connectivity index (χ3n) is 4.39. The minimum Gasteiger partial charge on any atom is -0.480 e. The molecule has 20 heavy (non-hydrogen) atoms. The highest BCUT2D eigenvalue weighted by Gasteiger charge is 2.40. The Morgan fingerprint density at radius 2 is 1.90 bits per heavy atom. The Hall–Kier alpha value is -1.30. The summed E-state index contributed by atoms with van der Waals surface area (Å²) in [5, 5.41) is 14.8. The van der Waals surface area contributed by atoms with Crippen molar-refractivity contribution in [3.8, 4) is 0 Å². The molecule has 2 saturated carbocycles. The third-order valence-corrected chi connectivity index (χ3v) is 4.39. The van der Waals surface area contributed by atoms with Gasteiger partial charge in [0.05, 0.1) is 0 Å². The molecule has 0 radical (unpaired) electrons. The second-order valence-corrected chi connectivity index (χ2v) is 6.04. The molecule has 0 aromatic carbocycles. The Kier molecular flexibility index (Phi) is 4.86. The molecule has 2 amide bonds. The number of amides is 2. The zero-order valence-electron chi connectivity index (χ0n) is 12.2. The monoisotopic (exact) mass is 283 g/mol. The summed E-state index contributed by atoms with van der Waals surface area (Å²) < 4.78 is 0. The molecular formula is C14H25N3O3. The van der Waals surface area contributed by atoms with Crippen LogP contribution in [0.25, 0.3) is 0 Å². The van der Waals surface area contributed by atoms with E-state index in [0.29, 0.717) is 25.4 Å². The van der Waals surface area contributed by atoms with E-state index in [9.17, 15) is 14.7 Å². The molecular weight excluding hydrogens is 258 g/mol. The zero-order valence-corrected chi connectivity index (χ0v) is 12.2. The lowest BCUT2D eigenvalue weighted by Gasteiger charge is -2.34. The van der Waals surface area contributed by atoms with E-state index in [1.807, 2.05) is 0 Å². The molecule has 2 fully saturated rings. The summed E-state index contributed by atoms with van der Waals surface area (Å²) >= 11 is 0. The van der Waals surface area contributed by atoms with Gasteiger partial charge in [-0.1, -0.05) is 19.3 Å². The predicted octanol–water partition coefficient (Wildman–Crippen LogP) is 1.17. The maximum atomic E-state index is 11.9. The molecule has 2 aliphatic rings. The van der Waals surface area contributed by atoms with E-state index in [0.717, 1.165) is 25.8 Å². The van der Waals surface area contributed by atoms with Crippen LogP contribution in [0.2, 0.25) is 0 Å². The molecule has 6 nitrogen and oxygen atoms in total. The van der Waals surface area contributed by atoms with Crippen molar-refractivity contribution in [2.75, 3.05) is 20.1 Å². The second-order valence-electron chi connectivity index (χ2n) is 6.04. The van der Waals surface area contributed by atoms with Gasteiger partial charge in [-0.2, -0.15) is 0 Å². The van der Waals surface area contributed by atoms with Crippen molar-refractivity contribution in [1.82, 2.24) is 15.5 Å². The van der Waals surface area contributed by atoms with Gasteiger partial charge in [0.15, 0.2) is 0 Å². The van der Waals surface area contributed by atoms with Crippen molar-refractivity contribution >= 4 is 12.0 Å². The Bertz CT molecular complexity index is 363. The average molecular weight is 283 g/mol. The van der Waals surface area contributed by atoms with Gasteiger partial charge in [0.1, 0.15) is 5.54 Å². The van der Waals surface area contributed by atoms with E-state index < -0.39 is 11.5 Å². The molecule has 6 heteroatoms. The van der Waals surface area contributed by atoms with Gasteiger partial charge >= 0.3 is 12.0 Å². The summed E-state index contributed by atoms with van der Waals surface area (Å²) in [6.07, 6.45) is 6.30. The minimum absolute atomic E-state index is 0.363. The highest BCUT2D eigenvalue weighted by Crippen LogP contribution is 2.28. The van der Waals surface area contributed by atoms with E-state index in [2.05, 4.69) is 22.6 Å². The molecule has 0 heterocycles. The zero-order chi connectivity index (χ0) is 14.6. The number of nitrogens with one attached hydrogen (secondary N) is 2. The number of likely N-dealkylation sites (N-methyl/N-ethyl adjacent to an activating group) is 1. The quantitative estimate of drug-likeness (QED) is 0.683. The second kappa shape index (κ2) is 6.43. The number of aliphatic carboxylic acids is 1. The molecule has 0 spiro atoms. The minimum atomic E-state index is -1.06. The van der Waals surface area contributed by atoms with E-state index in [-0.39, 0.29) is 6.03 Å². The first-order valence-electron chi connectivity index (χ1n) is 7.53. The summed E-state index contributed by atoms with van der Waals surface area (Å²) in [6, 6.07) is 0.307. The van der Waals surface area contributed by atoms with Crippen molar-refractivity contribution < 1.29 is 14.7 Å². The normalized spacial score (nSPS) is 21.5. The fraction of sp³-hybridized carbons (Fsp3) is 0.857. The van der Waals surface area contributed by atoms with Gasteiger partial charge in [-0.25, -0.2) is 9.59 Å². The van der Waals surface area contributed by atoms with E-state index in [1.54, 1.807) is 0 Å². The van der Waals surface area contributed by atoms with Gasteiger partial charge in [0.2, 0.25) is 0 Å². The molecule has 0 saturated heterocycles. The highest BCUT2D eigenvalue weighted by atomic mass is 16.4. The number of carboxylic acids is 1. The summed E-state index contributed by atoms with van der Waals surface area (Å²) in [7, 11) is 2.05. The first kappa shape index (κ1) is 15.1. The Morgan fingerprint density at radius 1 is 1.25 bits per heavy atom. The topological polar surface area (TPSA) is 81.7 Å². The number of carbonyl (C=O) groups excluding carboxylic acids is 1. The van der Waals surface area contributed by atoms with Crippen LogP contribution in [0, 0.1) is 0 Å². The SMILES string of the molecule is CN(CCNC(=O)NC1(C(=O)O)CCCCC1)C1CC1. The molecule has 0 unspecified atom stereocenters. The van der Waals surface area contributed by atoms with Crippen molar-refractivity contribution in [2.45, 2.75) is 56.5 Å². The van der Waals surface area contributed by atoms with Crippen LogP contribution in [0.15, 0.2) is 0 Å². The van der Waals surface area contributed by atoms with Crippen molar-refractivity contribution in [2.24, 2.45) is 0 Å². The molecule has 2 aliphatic carbocycles. The lowest BCUT2D eigenvalue weighted by Crippen LogP contribution is -2.58. The average Bonchev–Trinajstić information content (AvgIpc) is 3.23. The Morgan fingerprint density at radius 3 is 2.45 bits per heavy atom. The Labute approximate surface area is 119 Å². The molecule has 2 rings (SSSR count). The Balaban J connectivity index is 1.74. The van der Waals surface area contributed by atoms with Crippen molar-refractivity contribution in [3.05, 3.63) is 0 Å². The van der Waals surface area contributed by atoms with Crippen LogP contribution in [0.1, 0.15) is 44.9 Å². The van der Waals surface area contributed by atoms with Gasteiger partial charge in [-0.3, -0.25) is 0 Å². The van der Waals surface area contributed by atoms with Gasteiger partial charge < -0.3 is 20.6 Å². The van der Waals surface area contributed by atoms with Crippen LogP contribution in [0.4, 0.5) is 4.79 Å². The van der Waals surface area contributed by atoms with E-state index in [1.165, 1.54) is 12.8 Å². The number of hydrogen-bond donors (Lipinski definition) is 3. The summed E-state index contributed by atoms with van der Waals surface area (Å²) in [5.74, 6) is -0.914. The number of rotatable bonds is 6. The molecule has 0 aromatic heterocycles. The molecule has 114 valence electrons. The maximum absolute atomic E-state index is 11.9. The number of hydrogen-bond acceptors (Lipinski definition) is 3. The molecule has 0 aromatic rings. The van der Waals surface area contributed by atoms with Crippen molar-refractivity contribution in [3.63, 3.8) is 0 Å². The molecule has 3 N–H and O–H groups in total. The molecule has 0 bridgehead atoms. The summed E-state index contributed by atoms with van der Waals surface area (Å²) in [5.41, 5.74) is -1.06. The van der Waals surface area contributed by atoms with Crippen molar-refractivity contribution in [1.29, 1.82) is 0 Å². The van der Waals surface area contributed by atoms with Gasteiger partial charge in [-0.05, 0) is 32.7 Å². The third kappa shape index (κ3) is 3.85. The van der Waals surface area contributed by atoms with Crippen LogP contribution in [0.3, 0.4) is 0 Å². The fourth-order valence-corrected chi connectivity index (χ4v) is 2.85. The first-order valence-corrected chi connectivity index (χ1v) is 7.53. The van der Waals surface area contributed by atoms with Gasteiger partial charge in [0, 0.05) is 19.1 Å². The fourth-order valence-electron chi connectivity index (χ4n) is 2.85. The smallest absolute Gasteiger partial charge is 0.329 e. The van der Waals surface area contributed by atoms with Gasteiger partial charge in [-0.15, -0.1) is 0 Å².